The first-order valence-corrected chi connectivity index (χ1v) is 35.2. The molecule has 0 aromatic heterocycles. The van der Waals surface area contributed by atoms with Crippen molar-refractivity contribution in [3.8, 4) is 0 Å². The minimum absolute atomic E-state index is 0.0588. The second kappa shape index (κ2) is 58.6. The summed E-state index contributed by atoms with van der Waals surface area (Å²) in [5.74, 6) is -0.180. The Balaban J connectivity index is 3.90. The maximum Gasteiger partial charge on any atom is 0.472 e. The van der Waals surface area contributed by atoms with E-state index in [9.17, 15) is 19.4 Å². The fraction of sp³-hybridized carbons (Fsp3) is 0.925. The van der Waals surface area contributed by atoms with Gasteiger partial charge in [0.05, 0.1) is 39.9 Å². The quantitative estimate of drug-likeness (QED) is 0.0243. The molecule has 1 amide bonds. The lowest BCUT2D eigenvalue weighted by atomic mass is 10.0. The van der Waals surface area contributed by atoms with Crippen LogP contribution in [0, 0.1) is 0 Å². The summed E-state index contributed by atoms with van der Waals surface area (Å²) >= 11 is 0. The highest BCUT2D eigenvalue weighted by Gasteiger charge is 2.28. The number of nitrogens with one attached hydrogen (secondary N) is 1. The predicted octanol–water partition coefficient (Wildman–Crippen LogP) is 21.1. The van der Waals surface area contributed by atoms with E-state index in [0.717, 1.165) is 38.5 Å². The minimum atomic E-state index is -4.35. The number of unbranched alkanes of at least 4 members (excludes halogenated alkanes) is 48. The minimum Gasteiger partial charge on any atom is -0.387 e. The smallest absolute Gasteiger partial charge is 0.387 e. The van der Waals surface area contributed by atoms with Gasteiger partial charge in [-0.1, -0.05) is 334 Å². The van der Waals surface area contributed by atoms with Gasteiger partial charge < -0.3 is 19.8 Å². The molecule has 0 saturated carbocycles. The number of likely N-dealkylation sites (N-methyl/N-ethyl adjacent to an activating group) is 1. The van der Waals surface area contributed by atoms with Gasteiger partial charge in [-0.2, -0.15) is 0 Å². The van der Waals surface area contributed by atoms with Gasteiger partial charge in [0.25, 0.3) is 0 Å². The second-order valence-electron chi connectivity index (χ2n) is 24.6. The van der Waals surface area contributed by atoms with E-state index in [1.165, 1.54) is 289 Å². The second-order valence-corrected chi connectivity index (χ2v) is 26.0. The largest absolute Gasteiger partial charge is 0.472 e. The van der Waals surface area contributed by atoms with E-state index < -0.39 is 20.0 Å². The number of allylic oxidation sites excluding steroid dienone is 3. The highest BCUT2D eigenvalue weighted by molar-refractivity contribution is 7.47. The summed E-state index contributed by atoms with van der Waals surface area (Å²) < 4.78 is 23.7. The number of carbonyl (C=O) groups excluding carboxylic acids is 1. The predicted molar refractivity (Wildman–Crippen MR) is 332 cm³/mol. The summed E-state index contributed by atoms with van der Waals surface area (Å²) in [7, 11) is 1.57. The number of nitrogens with zero attached hydrogens (tertiary/aromatic N) is 1. The number of quaternary nitrogens is 1. The SMILES string of the molecule is CCCCCCCCCCCC/C=C/CC/C=C/C(O)C(COP(=O)(O)OCC[N+](C)(C)C)NC(=O)CCCCCCCCCCCCCCCCCCCCCCCCCCCCCCCCCCCCCCCC. The third-order valence-corrected chi connectivity index (χ3v) is 16.7. The van der Waals surface area contributed by atoms with Crippen LogP contribution in [-0.4, -0.2) is 73.4 Å². The first kappa shape index (κ1) is 75.0. The van der Waals surface area contributed by atoms with Crippen molar-refractivity contribution in [2.75, 3.05) is 40.9 Å². The first-order chi connectivity index (χ1) is 37.0. The van der Waals surface area contributed by atoms with E-state index >= 15 is 0 Å². The molecule has 452 valence electrons. The summed E-state index contributed by atoms with van der Waals surface area (Å²) in [6.45, 7) is 4.84. The number of aliphatic hydroxyl groups is 1. The molecule has 0 radical (unpaired) electrons. The lowest BCUT2D eigenvalue weighted by Gasteiger charge is -2.25. The van der Waals surface area contributed by atoms with Crippen LogP contribution in [0.15, 0.2) is 24.3 Å². The van der Waals surface area contributed by atoms with Gasteiger partial charge in [-0.15, -0.1) is 0 Å². The summed E-state index contributed by atoms with van der Waals surface area (Å²) in [4.78, 5) is 23.3. The Hall–Kier alpha value is -1.02. The molecule has 8 nitrogen and oxygen atoms in total. The highest BCUT2D eigenvalue weighted by atomic mass is 31.2. The number of phosphoric acid groups is 1. The van der Waals surface area contributed by atoms with E-state index in [4.69, 9.17) is 9.05 Å². The molecule has 3 atom stereocenters. The van der Waals surface area contributed by atoms with Crippen LogP contribution in [0.2, 0.25) is 0 Å². The number of carbonyl (C=O) groups is 1. The van der Waals surface area contributed by atoms with Crippen molar-refractivity contribution in [3.63, 3.8) is 0 Å². The fourth-order valence-corrected chi connectivity index (χ4v) is 11.2. The molecule has 0 aromatic carbocycles. The molecule has 0 aliphatic heterocycles. The van der Waals surface area contributed by atoms with Crippen molar-refractivity contribution in [2.45, 2.75) is 360 Å². The third kappa shape index (κ3) is 60.6. The molecule has 0 rings (SSSR count). The number of phosphoric ester groups is 1. The summed E-state index contributed by atoms with van der Waals surface area (Å²) in [5, 5.41) is 13.9. The number of amides is 1. The fourth-order valence-electron chi connectivity index (χ4n) is 10.4. The molecule has 0 fully saturated rings. The van der Waals surface area contributed by atoms with Gasteiger partial charge in [-0.3, -0.25) is 13.8 Å². The first-order valence-electron chi connectivity index (χ1n) is 33.7. The van der Waals surface area contributed by atoms with Crippen molar-refractivity contribution in [1.82, 2.24) is 5.32 Å². The van der Waals surface area contributed by atoms with Crippen LogP contribution in [0.3, 0.4) is 0 Å². The summed E-state index contributed by atoms with van der Waals surface area (Å²) in [6, 6.07) is -0.860. The molecule has 0 aliphatic carbocycles. The van der Waals surface area contributed by atoms with E-state index in [1.54, 1.807) is 6.08 Å². The topological polar surface area (TPSA) is 105 Å². The molecule has 0 aromatic rings. The molecule has 3 unspecified atom stereocenters. The number of hydrogen-bond donors (Lipinski definition) is 3. The molecule has 0 bridgehead atoms. The average Bonchev–Trinajstić information content (AvgIpc) is 3.38. The molecule has 76 heavy (non-hydrogen) atoms. The zero-order chi connectivity index (χ0) is 55.6. The summed E-state index contributed by atoms with van der Waals surface area (Å²) in [6.07, 6.45) is 76.3. The van der Waals surface area contributed by atoms with Crippen LogP contribution in [0.4, 0.5) is 0 Å². The maximum absolute atomic E-state index is 13.0. The average molecular weight is 1090 g/mol. The Labute approximate surface area is 474 Å². The standard InChI is InChI=1S/C67H133N2O6P/c1-6-8-10-12-14-16-18-20-22-24-25-26-27-28-29-30-31-32-33-34-35-36-37-38-39-40-41-42-43-44-45-47-49-51-53-55-57-59-61-67(71)68-65(64-75-76(72,73)74-63-62-69(3,4)5)66(70)60-58-56-54-52-50-48-46-23-21-19-17-15-13-11-9-7-2/h50,52,58,60,65-66,70H,6-49,51,53-57,59,61-64H2,1-5H3,(H-,68,71,72,73)/p+1/b52-50+,60-58+. The molecule has 3 N–H and O–H groups in total. The number of rotatable bonds is 63. The van der Waals surface area contributed by atoms with Crippen LogP contribution in [0.1, 0.15) is 348 Å². The van der Waals surface area contributed by atoms with Crippen LogP contribution < -0.4 is 5.32 Å². The zero-order valence-electron chi connectivity index (χ0n) is 51.8. The van der Waals surface area contributed by atoms with Crippen molar-refractivity contribution < 1.29 is 32.9 Å². The Bertz CT molecular complexity index is 1290. The van der Waals surface area contributed by atoms with E-state index in [1.807, 2.05) is 27.2 Å². The van der Waals surface area contributed by atoms with Gasteiger partial charge in [0.15, 0.2) is 0 Å². The zero-order valence-corrected chi connectivity index (χ0v) is 52.7. The highest BCUT2D eigenvalue weighted by Crippen LogP contribution is 2.43. The van der Waals surface area contributed by atoms with E-state index in [2.05, 4.69) is 31.3 Å². The van der Waals surface area contributed by atoms with Crippen molar-refractivity contribution >= 4 is 13.7 Å². The Morgan fingerprint density at radius 1 is 0.434 bits per heavy atom. The lowest BCUT2D eigenvalue weighted by Crippen LogP contribution is -2.45. The van der Waals surface area contributed by atoms with Crippen LogP contribution in [-0.2, 0) is 18.4 Å². The maximum atomic E-state index is 13.0. The third-order valence-electron chi connectivity index (χ3n) is 15.7. The number of hydrogen-bond acceptors (Lipinski definition) is 5. The van der Waals surface area contributed by atoms with Crippen molar-refractivity contribution in [3.05, 3.63) is 24.3 Å². The van der Waals surface area contributed by atoms with Gasteiger partial charge in [0.1, 0.15) is 13.2 Å². The van der Waals surface area contributed by atoms with E-state index in [0.29, 0.717) is 17.4 Å². The molecule has 0 heterocycles. The van der Waals surface area contributed by atoms with Crippen LogP contribution >= 0.6 is 7.82 Å². The molecule has 0 spiro atoms. The van der Waals surface area contributed by atoms with Crippen LogP contribution in [0.5, 0.6) is 0 Å². The van der Waals surface area contributed by atoms with Gasteiger partial charge in [-0.05, 0) is 32.1 Å². The Kier molecular flexibility index (Phi) is 57.8. The van der Waals surface area contributed by atoms with Crippen LogP contribution in [0.25, 0.3) is 0 Å². The van der Waals surface area contributed by atoms with Crippen molar-refractivity contribution in [2.24, 2.45) is 0 Å². The monoisotopic (exact) mass is 1090 g/mol. The molecule has 0 aliphatic rings. The lowest BCUT2D eigenvalue weighted by molar-refractivity contribution is -0.870. The Morgan fingerprint density at radius 2 is 0.724 bits per heavy atom. The van der Waals surface area contributed by atoms with Gasteiger partial charge >= 0.3 is 7.82 Å². The normalized spacial score (nSPS) is 13.8. The molecular weight excluding hydrogens is 960 g/mol. The van der Waals surface area contributed by atoms with Crippen molar-refractivity contribution in [1.29, 1.82) is 0 Å². The molecular formula is C67H134N2O6P+. The summed E-state index contributed by atoms with van der Waals surface area (Å²) in [5.41, 5.74) is 0. The van der Waals surface area contributed by atoms with E-state index in [-0.39, 0.29) is 19.1 Å². The number of aliphatic hydroxyl groups excluding tert-OH is 1. The van der Waals surface area contributed by atoms with Gasteiger partial charge in [0, 0.05) is 6.42 Å². The molecule has 9 heteroatoms. The Morgan fingerprint density at radius 3 is 1.05 bits per heavy atom. The van der Waals surface area contributed by atoms with Gasteiger partial charge in [0.2, 0.25) is 5.91 Å². The van der Waals surface area contributed by atoms with Gasteiger partial charge in [-0.25, -0.2) is 4.57 Å². The molecule has 0 saturated heterocycles.